The summed E-state index contributed by atoms with van der Waals surface area (Å²) in [7, 11) is 1.33. The first-order valence-electron chi connectivity index (χ1n) is 3.85. The van der Waals surface area contributed by atoms with E-state index in [-0.39, 0.29) is 18.2 Å². The molecule has 0 aromatic rings. The number of hydrogen-bond donors (Lipinski definition) is 1. The molecule has 1 heterocycles. The molecular formula is C8H10O4. The molecule has 1 N–H and O–H groups in total. The van der Waals surface area contributed by atoms with Crippen LogP contribution in [0.3, 0.4) is 0 Å². The van der Waals surface area contributed by atoms with Crippen molar-refractivity contribution in [2.45, 2.75) is 24.7 Å². The van der Waals surface area contributed by atoms with E-state index in [1.54, 1.807) is 0 Å². The van der Waals surface area contributed by atoms with Gasteiger partial charge in [-0.3, -0.25) is 0 Å². The minimum absolute atomic E-state index is 0.0269. The highest BCUT2D eigenvalue weighted by Gasteiger charge is 2.47. The van der Waals surface area contributed by atoms with E-state index in [0.29, 0.717) is 12.0 Å². The monoisotopic (exact) mass is 170 g/mol. The number of epoxide rings is 1. The lowest BCUT2D eigenvalue weighted by Crippen LogP contribution is -2.22. The zero-order valence-electron chi connectivity index (χ0n) is 6.69. The van der Waals surface area contributed by atoms with Crippen molar-refractivity contribution in [3.8, 4) is 0 Å². The third-order valence-corrected chi connectivity index (χ3v) is 2.20. The lowest BCUT2D eigenvalue weighted by Gasteiger charge is -2.10. The lowest BCUT2D eigenvalue weighted by atomic mass is 9.98. The van der Waals surface area contributed by atoms with Gasteiger partial charge in [0.1, 0.15) is 12.2 Å². The fourth-order valence-electron chi connectivity index (χ4n) is 1.49. The highest BCUT2D eigenvalue weighted by atomic mass is 16.6. The van der Waals surface area contributed by atoms with Gasteiger partial charge in [0.2, 0.25) is 0 Å². The van der Waals surface area contributed by atoms with Gasteiger partial charge in [-0.2, -0.15) is 0 Å². The first-order chi connectivity index (χ1) is 5.72. The van der Waals surface area contributed by atoms with E-state index in [1.165, 1.54) is 13.2 Å². The van der Waals surface area contributed by atoms with E-state index >= 15 is 0 Å². The van der Waals surface area contributed by atoms with Crippen LogP contribution in [-0.4, -0.2) is 36.5 Å². The molecule has 66 valence electrons. The van der Waals surface area contributed by atoms with Crippen LogP contribution in [0.25, 0.3) is 0 Å². The van der Waals surface area contributed by atoms with Gasteiger partial charge in [0.05, 0.1) is 13.2 Å². The van der Waals surface area contributed by atoms with Gasteiger partial charge in [-0.15, -0.1) is 0 Å². The molecule has 0 saturated carbocycles. The van der Waals surface area contributed by atoms with Gasteiger partial charge in [-0.05, 0) is 6.08 Å². The second-order valence-electron chi connectivity index (χ2n) is 3.02. The van der Waals surface area contributed by atoms with Crippen molar-refractivity contribution >= 4 is 5.97 Å². The average molecular weight is 170 g/mol. The molecule has 0 amide bonds. The number of ether oxygens (including phenoxy) is 2. The normalized spacial score (nSPS) is 38.2. The maximum Gasteiger partial charge on any atom is 0.333 e. The van der Waals surface area contributed by atoms with Crippen LogP contribution in [0, 0.1) is 0 Å². The second kappa shape index (κ2) is 2.57. The summed E-state index contributed by atoms with van der Waals surface area (Å²) in [5, 5.41) is 9.33. The smallest absolute Gasteiger partial charge is 0.333 e. The number of carbonyl (C=O) groups is 1. The predicted octanol–water partition coefficient (Wildman–Crippen LogP) is -0.382. The summed E-state index contributed by atoms with van der Waals surface area (Å²) < 4.78 is 9.64. The summed E-state index contributed by atoms with van der Waals surface area (Å²) in [6, 6.07) is 0. The quantitative estimate of drug-likeness (QED) is 0.430. The Balaban J connectivity index is 2.11. The molecule has 1 aliphatic carbocycles. The van der Waals surface area contributed by atoms with E-state index in [9.17, 15) is 9.90 Å². The van der Waals surface area contributed by atoms with Gasteiger partial charge in [0, 0.05) is 12.0 Å². The number of rotatable bonds is 1. The van der Waals surface area contributed by atoms with Crippen LogP contribution < -0.4 is 0 Å². The predicted molar refractivity (Wildman–Crippen MR) is 39.4 cm³/mol. The van der Waals surface area contributed by atoms with Gasteiger partial charge in [0.25, 0.3) is 0 Å². The molecular weight excluding hydrogens is 160 g/mol. The van der Waals surface area contributed by atoms with Crippen molar-refractivity contribution in [3.63, 3.8) is 0 Å². The number of aliphatic hydroxyl groups is 1. The summed E-state index contributed by atoms with van der Waals surface area (Å²) in [4.78, 5) is 11.0. The van der Waals surface area contributed by atoms with E-state index in [4.69, 9.17) is 4.74 Å². The Morgan fingerprint density at radius 1 is 1.83 bits per heavy atom. The molecule has 4 nitrogen and oxygen atoms in total. The zero-order valence-corrected chi connectivity index (χ0v) is 6.69. The largest absolute Gasteiger partial charge is 0.466 e. The van der Waals surface area contributed by atoms with Crippen molar-refractivity contribution in [2.24, 2.45) is 0 Å². The Morgan fingerprint density at radius 3 is 3.17 bits per heavy atom. The van der Waals surface area contributed by atoms with Gasteiger partial charge in [-0.1, -0.05) is 0 Å². The molecule has 1 saturated heterocycles. The van der Waals surface area contributed by atoms with E-state index in [1.807, 2.05) is 0 Å². The summed E-state index contributed by atoms with van der Waals surface area (Å²) >= 11 is 0. The van der Waals surface area contributed by atoms with Crippen molar-refractivity contribution in [3.05, 3.63) is 11.6 Å². The minimum atomic E-state index is -0.641. The lowest BCUT2D eigenvalue weighted by molar-refractivity contribution is -0.136. The van der Waals surface area contributed by atoms with Gasteiger partial charge >= 0.3 is 5.97 Å². The van der Waals surface area contributed by atoms with Gasteiger partial charge in [-0.25, -0.2) is 4.79 Å². The molecule has 0 aromatic carbocycles. The molecule has 1 aliphatic heterocycles. The third-order valence-electron chi connectivity index (χ3n) is 2.20. The van der Waals surface area contributed by atoms with Gasteiger partial charge < -0.3 is 14.6 Å². The van der Waals surface area contributed by atoms with Crippen molar-refractivity contribution in [1.82, 2.24) is 0 Å². The molecule has 1 fully saturated rings. The average Bonchev–Trinajstić information content (AvgIpc) is 2.82. The van der Waals surface area contributed by atoms with E-state index in [2.05, 4.69) is 4.74 Å². The van der Waals surface area contributed by atoms with Crippen molar-refractivity contribution in [2.75, 3.05) is 7.11 Å². The van der Waals surface area contributed by atoms with E-state index in [0.717, 1.165) is 0 Å². The Bertz CT molecular complexity index is 245. The molecule has 2 aliphatic rings. The van der Waals surface area contributed by atoms with Crippen LogP contribution >= 0.6 is 0 Å². The van der Waals surface area contributed by atoms with E-state index < -0.39 is 6.10 Å². The Morgan fingerprint density at radius 2 is 2.58 bits per heavy atom. The number of fused-ring (bicyclic) bond motifs is 1. The fraction of sp³-hybridized carbons (Fsp3) is 0.625. The summed E-state index contributed by atoms with van der Waals surface area (Å²) in [5.41, 5.74) is 0.517. The van der Waals surface area contributed by atoms with Crippen LogP contribution in [-0.2, 0) is 14.3 Å². The number of hydrogen-bond acceptors (Lipinski definition) is 4. The Kier molecular flexibility index (Phi) is 1.66. The van der Waals surface area contributed by atoms with Crippen LogP contribution in [0.1, 0.15) is 6.42 Å². The van der Waals surface area contributed by atoms with Gasteiger partial charge in [0.15, 0.2) is 0 Å². The van der Waals surface area contributed by atoms with Crippen molar-refractivity contribution in [1.29, 1.82) is 0 Å². The maximum absolute atomic E-state index is 11.0. The first-order valence-corrected chi connectivity index (χ1v) is 3.85. The molecule has 4 heteroatoms. The highest BCUT2D eigenvalue weighted by molar-refractivity contribution is 5.88. The van der Waals surface area contributed by atoms with Crippen LogP contribution in [0.2, 0.25) is 0 Å². The third kappa shape index (κ3) is 1.13. The number of carbonyl (C=O) groups excluding carboxylic acids is 1. The first kappa shape index (κ1) is 7.76. The second-order valence-corrected chi connectivity index (χ2v) is 3.02. The number of esters is 1. The molecule has 0 radical (unpaired) electrons. The van der Waals surface area contributed by atoms with Crippen LogP contribution in [0.15, 0.2) is 11.6 Å². The maximum atomic E-state index is 11.0. The SMILES string of the molecule is COC(=O)C1=C[C@@H](O)[C@H]2O[C@H]2C1. The zero-order chi connectivity index (χ0) is 8.72. The highest BCUT2D eigenvalue weighted by Crippen LogP contribution is 2.36. The molecule has 0 unspecified atom stereocenters. The fourth-order valence-corrected chi connectivity index (χ4v) is 1.49. The topological polar surface area (TPSA) is 59.1 Å². The molecule has 12 heavy (non-hydrogen) atoms. The standard InChI is InChI=1S/C8H10O4/c1-11-8(10)4-2-5(9)7-6(3-4)12-7/h2,5-7,9H,3H2,1H3/t5-,6+,7-/m1/s1. The summed E-state index contributed by atoms with van der Waals surface area (Å²) in [6.07, 6.45) is 1.38. The minimum Gasteiger partial charge on any atom is -0.466 e. The van der Waals surface area contributed by atoms with Crippen LogP contribution in [0.5, 0.6) is 0 Å². The van der Waals surface area contributed by atoms with Crippen LogP contribution in [0.4, 0.5) is 0 Å². The molecule has 0 spiro atoms. The number of aliphatic hydroxyl groups excluding tert-OH is 1. The molecule has 0 aromatic heterocycles. The molecule has 0 bridgehead atoms. The summed E-state index contributed by atoms with van der Waals surface area (Å²) in [5.74, 6) is -0.372. The number of methoxy groups -OCH3 is 1. The summed E-state index contributed by atoms with van der Waals surface area (Å²) in [6.45, 7) is 0. The van der Waals surface area contributed by atoms with Crippen molar-refractivity contribution < 1.29 is 19.4 Å². The Labute approximate surface area is 69.8 Å². The Hall–Kier alpha value is -0.870. The molecule has 2 rings (SSSR count). The molecule has 3 atom stereocenters.